The molecular weight excluding hydrogens is 652 g/mol. The summed E-state index contributed by atoms with van der Waals surface area (Å²) in [6, 6.07) is 8.33. The highest BCUT2D eigenvalue weighted by atomic mass is 79.9. The summed E-state index contributed by atoms with van der Waals surface area (Å²) in [6.45, 7) is 8.70. The van der Waals surface area contributed by atoms with Gasteiger partial charge in [-0.1, -0.05) is 7.43 Å². The molecule has 3 aromatic rings. The summed E-state index contributed by atoms with van der Waals surface area (Å²) in [6.07, 6.45) is 6.80. The molecule has 0 spiro atoms. The van der Waals surface area contributed by atoms with Crippen molar-refractivity contribution in [1.82, 2.24) is 0 Å². The van der Waals surface area contributed by atoms with Crippen LogP contribution in [0, 0.1) is 0 Å². The number of ketones is 2. The molecule has 2 aromatic carbocycles. The van der Waals surface area contributed by atoms with Gasteiger partial charge < -0.3 is 28.2 Å². The molecule has 8 heteroatoms. The van der Waals surface area contributed by atoms with Crippen molar-refractivity contribution < 1.29 is 28.2 Å². The maximum Gasteiger partial charge on any atom is 0.191 e. The number of fused-ring (bicyclic) bond motifs is 4. The van der Waals surface area contributed by atoms with Gasteiger partial charge in [0.05, 0.1) is 15.2 Å². The molecule has 2 aliphatic carbocycles. The summed E-state index contributed by atoms with van der Waals surface area (Å²) < 4.78 is 24.4. The van der Waals surface area contributed by atoms with Gasteiger partial charge in [-0.15, -0.1) is 0 Å². The molecule has 1 aromatic heterocycles. The van der Waals surface area contributed by atoms with Crippen molar-refractivity contribution in [3.8, 4) is 5.75 Å². The quantitative estimate of drug-likeness (QED) is 0.187. The van der Waals surface area contributed by atoms with Crippen LogP contribution >= 0.6 is 31.9 Å². The van der Waals surface area contributed by atoms with Gasteiger partial charge in [0.1, 0.15) is 29.5 Å². The standard InChI is InChI=1S/C18H25BrO4.C14H13BrO2.CH4/c1-4-21-18(22-5-2)11-23-17-10-15-13(8-12(3)20)6-7-14(15)9-16(17)19;1-8(16)6-9-2-3-10-7-12(15)14-11(13(9)10)4-5-17-14;/h9-10,13,18H,4-8,11H2,1-3H3;4-5,7,9H,2-3,6H2,1H3;1H4. The first kappa shape index (κ1) is 33.5. The van der Waals surface area contributed by atoms with Crippen molar-refractivity contribution in [2.24, 2.45) is 0 Å². The first-order valence-electron chi connectivity index (χ1n) is 14.1. The molecule has 0 saturated carbocycles. The van der Waals surface area contributed by atoms with E-state index in [1.54, 1.807) is 20.1 Å². The Hall–Kier alpha value is -2.00. The van der Waals surface area contributed by atoms with E-state index in [0.717, 1.165) is 51.3 Å². The summed E-state index contributed by atoms with van der Waals surface area (Å²) in [7, 11) is 0. The van der Waals surface area contributed by atoms with Gasteiger partial charge in [-0.25, -0.2) is 0 Å². The Kier molecular flexibility index (Phi) is 12.6. The van der Waals surface area contributed by atoms with Crippen LogP contribution in [0.2, 0.25) is 0 Å². The predicted octanol–water partition coefficient (Wildman–Crippen LogP) is 9.08. The summed E-state index contributed by atoms with van der Waals surface area (Å²) in [5, 5.41) is 1.16. The second-order valence-corrected chi connectivity index (χ2v) is 12.2. The number of aryl methyl sites for hydroxylation is 2. The molecule has 6 nitrogen and oxygen atoms in total. The lowest BCUT2D eigenvalue weighted by molar-refractivity contribution is -0.152. The van der Waals surface area contributed by atoms with Gasteiger partial charge in [-0.05, 0) is 144 Å². The Balaban J connectivity index is 0.000000228. The van der Waals surface area contributed by atoms with E-state index in [-0.39, 0.29) is 25.3 Å². The number of rotatable bonds is 11. The molecule has 0 aliphatic heterocycles. The Morgan fingerprint density at radius 3 is 2.20 bits per heavy atom. The molecule has 41 heavy (non-hydrogen) atoms. The fraction of sp³-hybridized carbons (Fsp3) is 0.515. The Morgan fingerprint density at radius 1 is 0.927 bits per heavy atom. The second-order valence-electron chi connectivity index (χ2n) is 10.5. The van der Waals surface area contributed by atoms with Gasteiger partial charge in [0.25, 0.3) is 0 Å². The molecule has 224 valence electrons. The molecule has 5 rings (SSSR count). The van der Waals surface area contributed by atoms with Gasteiger partial charge in [-0.2, -0.15) is 0 Å². The van der Waals surface area contributed by atoms with Gasteiger partial charge in [0.2, 0.25) is 0 Å². The molecule has 2 unspecified atom stereocenters. The Morgan fingerprint density at radius 2 is 1.54 bits per heavy atom. The largest absolute Gasteiger partial charge is 0.487 e. The van der Waals surface area contributed by atoms with Crippen molar-refractivity contribution in [1.29, 1.82) is 0 Å². The van der Waals surface area contributed by atoms with E-state index >= 15 is 0 Å². The molecule has 0 fully saturated rings. The number of carbonyl (C=O) groups excluding carboxylic acids is 2. The molecule has 1 heterocycles. The van der Waals surface area contributed by atoms with E-state index in [1.165, 1.54) is 22.3 Å². The lowest BCUT2D eigenvalue weighted by Crippen LogP contribution is -2.25. The minimum Gasteiger partial charge on any atom is -0.487 e. The summed E-state index contributed by atoms with van der Waals surface area (Å²) in [5.41, 5.74) is 6.13. The van der Waals surface area contributed by atoms with Gasteiger partial charge in [-0.3, -0.25) is 0 Å². The van der Waals surface area contributed by atoms with E-state index in [1.807, 2.05) is 19.9 Å². The summed E-state index contributed by atoms with van der Waals surface area (Å²) in [5.74, 6) is 1.97. The molecule has 2 atom stereocenters. The van der Waals surface area contributed by atoms with E-state index < -0.39 is 0 Å². The van der Waals surface area contributed by atoms with Crippen molar-refractivity contribution >= 4 is 54.4 Å². The zero-order chi connectivity index (χ0) is 28.8. The second kappa shape index (κ2) is 15.5. The first-order chi connectivity index (χ1) is 19.2. The number of ether oxygens (including phenoxy) is 3. The number of carbonyl (C=O) groups is 2. The number of furan rings is 1. The lowest BCUT2D eigenvalue weighted by atomic mass is 9.93. The highest BCUT2D eigenvalue weighted by Crippen LogP contribution is 2.43. The maximum absolute atomic E-state index is 11.4. The topological polar surface area (TPSA) is 75.0 Å². The van der Waals surface area contributed by atoms with Crippen LogP contribution in [0.3, 0.4) is 0 Å². The van der Waals surface area contributed by atoms with Crippen LogP contribution in [0.15, 0.2) is 43.9 Å². The van der Waals surface area contributed by atoms with Crippen molar-refractivity contribution in [3.63, 3.8) is 0 Å². The average molecular weight is 695 g/mol. The highest BCUT2D eigenvalue weighted by Gasteiger charge is 2.28. The monoisotopic (exact) mass is 692 g/mol. The molecule has 0 bridgehead atoms. The third-order valence-electron chi connectivity index (χ3n) is 7.53. The van der Waals surface area contributed by atoms with Crippen LogP contribution in [0.25, 0.3) is 11.0 Å². The number of Topliss-reactive ketones (excluding diaryl/α,β-unsaturated/α-hetero) is 2. The van der Waals surface area contributed by atoms with Crippen LogP contribution in [0.1, 0.15) is 94.9 Å². The van der Waals surface area contributed by atoms with Crippen molar-refractivity contribution in [3.05, 3.63) is 61.7 Å². The van der Waals surface area contributed by atoms with Crippen molar-refractivity contribution in [2.45, 2.75) is 91.8 Å². The summed E-state index contributed by atoms with van der Waals surface area (Å²) >= 11 is 7.11. The van der Waals surface area contributed by atoms with Crippen LogP contribution in [-0.4, -0.2) is 37.7 Å². The van der Waals surface area contributed by atoms with Crippen molar-refractivity contribution in [2.75, 3.05) is 19.8 Å². The van der Waals surface area contributed by atoms with Gasteiger partial charge in [0, 0.05) is 31.4 Å². The zero-order valence-electron chi connectivity index (χ0n) is 23.7. The molecule has 0 amide bonds. The van der Waals surface area contributed by atoms with E-state index in [2.05, 4.69) is 50.1 Å². The number of benzene rings is 2. The molecule has 0 saturated heterocycles. The highest BCUT2D eigenvalue weighted by molar-refractivity contribution is 9.11. The van der Waals surface area contributed by atoms with Crippen LogP contribution in [0.5, 0.6) is 5.75 Å². The Bertz CT molecular complexity index is 1340. The SMILES string of the molecule is C.CC(=O)CC1CCc2cc(Br)c3occc3c21.CCOC(COc1cc2c(cc1Br)CCC2CC(C)=O)OCC. The summed E-state index contributed by atoms with van der Waals surface area (Å²) in [4.78, 5) is 22.8. The lowest BCUT2D eigenvalue weighted by Gasteiger charge is -2.19. The average Bonchev–Trinajstić information content (AvgIpc) is 3.62. The number of halogens is 2. The fourth-order valence-electron chi connectivity index (χ4n) is 5.93. The minimum absolute atomic E-state index is 0. The predicted molar refractivity (Wildman–Crippen MR) is 170 cm³/mol. The van der Waals surface area contributed by atoms with Gasteiger partial charge >= 0.3 is 0 Å². The molecule has 0 N–H and O–H groups in total. The first-order valence-corrected chi connectivity index (χ1v) is 15.7. The van der Waals surface area contributed by atoms with E-state index in [9.17, 15) is 9.59 Å². The van der Waals surface area contributed by atoms with E-state index in [0.29, 0.717) is 44.5 Å². The molecule has 2 aliphatic rings. The zero-order valence-corrected chi connectivity index (χ0v) is 26.9. The Labute approximate surface area is 260 Å². The fourth-order valence-corrected chi connectivity index (χ4v) is 7.01. The van der Waals surface area contributed by atoms with E-state index in [4.69, 9.17) is 18.6 Å². The third kappa shape index (κ3) is 8.31. The smallest absolute Gasteiger partial charge is 0.191 e. The molecule has 0 radical (unpaired) electrons. The van der Waals surface area contributed by atoms with Gasteiger partial charge in [0.15, 0.2) is 6.29 Å². The third-order valence-corrected chi connectivity index (χ3v) is 8.74. The van der Waals surface area contributed by atoms with Crippen LogP contribution < -0.4 is 4.74 Å². The normalized spacial score (nSPS) is 17.0. The number of hydrogen-bond donors (Lipinski definition) is 0. The maximum atomic E-state index is 11.4. The van der Waals surface area contributed by atoms with Crippen LogP contribution in [0.4, 0.5) is 0 Å². The van der Waals surface area contributed by atoms with Crippen LogP contribution in [-0.2, 0) is 31.9 Å². The molecular formula is C33H42Br2O6. The number of hydrogen-bond acceptors (Lipinski definition) is 6. The minimum atomic E-state index is -0.363.